The molecule has 0 unspecified atom stereocenters. The molecule has 2 aromatic rings. The molecule has 1 N–H and O–H groups in total. The fraction of sp³-hybridized carbons (Fsp3) is 0.250. The third-order valence-electron chi connectivity index (χ3n) is 3.65. The number of rotatable bonds is 8. The molecule has 0 bridgehead atoms. The first kappa shape index (κ1) is 19.8. The summed E-state index contributed by atoms with van der Waals surface area (Å²) in [5, 5.41) is 2.77. The van der Waals surface area contributed by atoms with E-state index >= 15 is 0 Å². The number of benzene rings is 2. The number of ether oxygens (including phenoxy) is 1. The molecular formula is C20H20BrNO4. The normalized spacial score (nSPS) is 10.2. The van der Waals surface area contributed by atoms with Gasteiger partial charge in [0.25, 0.3) is 0 Å². The van der Waals surface area contributed by atoms with Crippen molar-refractivity contribution in [1.29, 1.82) is 0 Å². The summed E-state index contributed by atoms with van der Waals surface area (Å²) in [7, 11) is 0. The largest absolute Gasteiger partial charge is 0.457 e. The number of ketones is 1. The quantitative estimate of drug-likeness (QED) is 0.513. The van der Waals surface area contributed by atoms with Crippen molar-refractivity contribution in [3.63, 3.8) is 0 Å². The number of carbonyl (C=O) groups excluding carboxylic acids is 3. The fourth-order valence-corrected chi connectivity index (χ4v) is 2.46. The number of hydrogen-bond acceptors (Lipinski definition) is 4. The van der Waals surface area contributed by atoms with Gasteiger partial charge in [-0.3, -0.25) is 14.4 Å². The highest BCUT2D eigenvalue weighted by atomic mass is 79.9. The van der Waals surface area contributed by atoms with E-state index in [4.69, 9.17) is 4.74 Å². The van der Waals surface area contributed by atoms with Crippen LogP contribution in [0, 0.1) is 6.92 Å². The Morgan fingerprint density at radius 2 is 1.62 bits per heavy atom. The zero-order chi connectivity index (χ0) is 18.9. The van der Waals surface area contributed by atoms with Crippen molar-refractivity contribution in [1.82, 2.24) is 0 Å². The van der Waals surface area contributed by atoms with Crippen LogP contribution in [0.1, 0.15) is 35.2 Å². The van der Waals surface area contributed by atoms with Crippen LogP contribution in [-0.2, 0) is 14.3 Å². The van der Waals surface area contributed by atoms with Gasteiger partial charge in [0.05, 0.1) is 0 Å². The molecule has 1 amide bonds. The predicted molar refractivity (Wildman–Crippen MR) is 103 cm³/mol. The van der Waals surface area contributed by atoms with Gasteiger partial charge >= 0.3 is 5.97 Å². The van der Waals surface area contributed by atoms with Crippen molar-refractivity contribution in [2.75, 3.05) is 11.9 Å². The maximum atomic E-state index is 11.9. The molecule has 136 valence electrons. The van der Waals surface area contributed by atoms with Gasteiger partial charge in [0.15, 0.2) is 12.4 Å². The lowest BCUT2D eigenvalue weighted by Gasteiger charge is -2.06. The first-order valence-corrected chi connectivity index (χ1v) is 9.04. The van der Waals surface area contributed by atoms with Crippen molar-refractivity contribution >= 4 is 39.3 Å². The number of Topliss-reactive ketones (excluding diaryl/α,β-unsaturated/α-hetero) is 1. The highest BCUT2D eigenvalue weighted by Gasteiger charge is 2.11. The Morgan fingerprint density at radius 1 is 0.962 bits per heavy atom. The molecular weight excluding hydrogens is 398 g/mol. The second-order valence-electron chi connectivity index (χ2n) is 5.86. The van der Waals surface area contributed by atoms with E-state index in [9.17, 15) is 14.4 Å². The summed E-state index contributed by atoms with van der Waals surface area (Å²) in [6, 6.07) is 14.3. The summed E-state index contributed by atoms with van der Waals surface area (Å²) in [5.41, 5.74) is 2.32. The van der Waals surface area contributed by atoms with Crippen molar-refractivity contribution in [2.45, 2.75) is 26.2 Å². The van der Waals surface area contributed by atoms with E-state index < -0.39 is 5.97 Å². The second kappa shape index (κ2) is 9.87. The molecule has 0 aromatic heterocycles. The molecule has 0 aliphatic carbocycles. The molecule has 6 heteroatoms. The van der Waals surface area contributed by atoms with E-state index in [2.05, 4.69) is 21.2 Å². The van der Waals surface area contributed by atoms with Gasteiger partial charge in [0.2, 0.25) is 5.91 Å². The second-order valence-corrected chi connectivity index (χ2v) is 6.77. The summed E-state index contributed by atoms with van der Waals surface area (Å²) < 4.78 is 5.84. The zero-order valence-corrected chi connectivity index (χ0v) is 16.0. The number of esters is 1. The monoisotopic (exact) mass is 417 g/mol. The maximum absolute atomic E-state index is 11.9. The molecule has 0 aliphatic heterocycles. The minimum atomic E-state index is -0.487. The summed E-state index contributed by atoms with van der Waals surface area (Å²) in [5.74, 6) is -0.908. The Morgan fingerprint density at radius 3 is 2.27 bits per heavy atom. The van der Waals surface area contributed by atoms with Crippen LogP contribution in [0.25, 0.3) is 0 Å². The van der Waals surface area contributed by atoms with E-state index in [1.165, 1.54) is 0 Å². The number of amides is 1. The lowest BCUT2D eigenvalue weighted by Crippen LogP contribution is -2.15. The average Bonchev–Trinajstić information content (AvgIpc) is 2.62. The third-order valence-corrected chi connectivity index (χ3v) is 4.18. The SMILES string of the molecule is Cc1ccc(NC(=O)CCCC(=O)OCC(=O)c2ccc(Br)cc2)cc1. The van der Waals surface area contributed by atoms with E-state index in [0.717, 1.165) is 15.7 Å². The van der Waals surface area contributed by atoms with Gasteiger partial charge < -0.3 is 10.1 Å². The Hall–Kier alpha value is -2.47. The van der Waals surface area contributed by atoms with Gasteiger partial charge in [-0.1, -0.05) is 45.8 Å². The topological polar surface area (TPSA) is 72.5 Å². The number of carbonyl (C=O) groups is 3. The van der Waals surface area contributed by atoms with Gasteiger partial charge in [0, 0.05) is 28.6 Å². The van der Waals surface area contributed by atoms with Crippen LogP contribution in [0.2, 0.25) is 0 Å². The number of aryl methyl sites for hydroxylation is 1. The van der Waals surface area contributed by atoms with E-state index in [0.29, 0.717) is 12.0 Å². The summed E-state index contributed by atoms with van der Waals surface area (Å²) in [6.45, 7) is 1.68. The van der Waals surface area contributed by atoms with Crippen LogP contribution in [0.5, 0.6) is 0 Å². The Kier molecular flexibility index (Phi) is 7.53. The van der Waals surface area contributed by atoms with E-state index in [1.54, 1.807) is 24.3 Å². The van der Waals surface area contributed by atoms with Crippen LogP contribution >= 0.6 is 15.9 Å². The zero-order valence-electron chi connectivity index (χ0n) is 14.5. The summed E-state index contributed by atoms with van der Waals surface area (Å²) >= 11 is 3.29. The molecule has 2 rings (SSSR count). The van der Waals surface area contributed by atoms with E-state index in [1.807, 2.05) is 31.2 Å². The van der Waals surface area contributed by atoms with Crippen LogP contribution < -0.4 is 5.32 Å². The molecule has 0 aliphatic rings. The van der Waals surface area contributed by atoms with Gasteiger partial charge in [-0.05, 0) is 37.6 Å². The van der Waals surface area contributed by atoms with Crippen LogP contribution in [0.4, 0.5) is 5.69 Å². The Balaban J connectivity index is 1.65. The molecule has 0 radical (unpaired) electrons. The molecule has 2 aromatic carbocycles. The number of hydrogen-bond donors (Lipinski definition) is 1. The fourth-order valence-electron chi connectivity index (χ4n) is 2.19. The van der Waals surface area contributed by atoms with Crippen LogP contribution in [0.3, 0.4) is 0 Å². The Labute approximate surface area is 160 Å². The lowest BCUT2D eigenvalue weighted by atomic mass is 10.1. The van der Waals surface area contributed by atoms with Crippen molar-refractivity contribution < 1.29 is 19.1 Å². The minimum absolute atomic E-state index is 0.0922. The molecule has 0 saturated heterocycles. The highest BCUT2D eigenvalue weighted by Crippen LogP contribution is 2.12. The summed E-state index contributed by atoms with van der Waals surface area (Å²) in [6.07, 6.45) is 0.668. The first-order valence-electron chi connectivity index (χ1n) is 8.25. The molecule has 0 spiro atoms. The predicted octanol–water partition coefficient (Wildman–Crippen LogP) is 4.29. The van der Waals surface area contributed by atoms with Crippen LogP contribution in [-0.4, -0.2) is 24.3 Å². The van der Waals surface area contributed by atoms with Gasteiger partial charge in [0.1, 0.15) is 0 Å². The molecule has 26 heavy (non-hydrogen) atoms. The third kappa shape index (κ3) is 6.80. The molecule has 0 saturated carbocycles. The number of nitrogens with one attached hydrogen (secondary N) is 1. The number of halogens is 1. The maximum Gasteiger partial charge on any atom is 0.306 e. The van der Waals surface area contributed by atoms with Gasteiger partial charge in [-0.25, -0.2) is 0 Å². The van der Waals surface area contributed by atoms with Crippen LogP contribution in [0.15, 0.2) is 53.0 Å². The minimum Gasteiger partial charge on any atom is -0.457 e. The average molecular weight is 418 g/mol. The highest BCUT2D eigenvalue weighted by molar-refractivity contribution is 9.10. The number of anilines is 1. The van der Waals surface area contributed by atoms with Crippen molar-refractivity contribution in [3.8, 4) is 0 Å². The smallest absolute Gasteiger partial charge is 0.306 e. The molecule has 0 atom stereocenters. The molecule has 0 heterocycles. The van der Waals surface area contributed by atoms with Gasteiger partial charge in [-0.2, -0.15) is 0 Å². The van der Waals surface area contributed by atoms with Crippen molar-refractivity contribution in [3.05, 3.63) is 64.1 Å². The molecule has 5 nitrogen and oxygen atoms in total. The first-order chi connectivity index (χ1) is 12.4. The standard InChI is InChI=1S/C20H20BrNO4/c1-14-5-11-17(12-6-14)22-19(24)3-2-4-20(25)26-13-18(23)15-7-9-16(21)10-8-15/h5-12H,2-4,13H2,1H3,(H,22,24). The lowest BCUT2D eigenvalue weighted by molar-refractivity contribution is -0.142. The van der Waals surface area contributed by atoms with E-state index in [-0.39, 0.29) is 31.1 Å². The Bertz CT molecular complexity index is 769. The van der Waals surface area contributed by atoms with Gasteiger partial charge in [-0.15, -0.1) is 0 Å². The van der Waals surface area contributed by atoms with Crippen molar-refractivity contribution in [2.24, 2.45) is 0 Å². The molecule has 0 fully saturated rings. The summed E-state index contributed by atoms with van der Waals surface area (Å²) in [4.78, 5) is 35.4.